The van der Waals surface area contributed by atoms with E-state index < -0.39 is 5.56 Å². The Morgan fingerprint density at radius 1 is 1.05 bits per heavy atom. The molecular weight excluding hydrogens is 508 g/mol. The van der Waals surface area contributed by atoms with E-state index in [9.17, 15) is 19.5 Å². The van der Waals surface area contributed by atoms with E-state index >= 15 is 0 Å². The number of fused-ring (bicyclic) bond motifs is 1. The van der Waals surface area contributed by atoms with Gasteiger partial charge < -0.3 is 25.0 Å². The van der Waals surface area contributed by atoms with Crippen molar-refractivity contribution in [2.75, 3.05) is 19.7 Å². The average Bonchev–Trinajstić information content (AvgIpc) is 2.98. The van der Waals surface area contributed by atoms with Gasteiger partial charge in [0.15, 0.2) is 0 Å². The number of rotatable bonds is 6. The summed E-state index contributed by atoms with van der Waals surface area (Å²) in [5.41, 5.74) is 2.89. The lowest BCUT2D eigenvalue weighted by Gasteiger charge is -2.31. The van der Waals surface area contributed by atoms with E-state index in [0.717, 1.165) is 0 Å². The van der Waals surface area contributed by atoms with Crippen molar-refractivity contribution >= 4 is 34.9 Å². The van der Waals surface area contributed by atoms with Crippen molar-refractivity contribution in [2.24, 2.45) is 0 Å². The third-order valence-corrected chi connectivity index (χ3v) is 7.89. The molecule has 0 bridgehead atoms. The molecule has 2 fully saturated rings. The van der Waals surface area contributed by atoms with E-state index in [-0.39, 0.29) is 29.5 Å². The largest absolute Gasteiger partial charge is 0.507 e. The molecule has 0 spiro atoms. The van der Waals surface area contributed by atoms with Gasteiger partial charge in [-0.05, 0) is 62.3 Å². The number of H-pyrrole nitrogens is 1. The minimum atomic E-state index is -0.457. The highest BCUT2D eigenvalue weighted by Crippen LogP contribution is 2.33. The summed E-state index contributed by atoms with van der Waals surface area (Å²) in [5.74, 6) is 0.295. The highest BCUT2D eigenvalue weighted by atomic mass is 16.6. The number of aromatic amines is 1. The highest BCUT2D eigenvalue weighted by molar-refractivity contribution is 5.97. The molecular formula is C31H36N4O5. The zero-order valence-corrected chi connectivity index (χ0v) is 22.8. The molecule has 0 unspecified atom stereocenters. The first kappa shape index (κ1) is 27.4. The molecule has 210 valence electrons. The zero-order chi connectivity index (χ0) is 28.1. The van der Waals surface area contributed by atoms with E-state index in [1.165, 1.54) is 43.7 Å². The Bertz CT molecular complexity index is 1450. The van der Waals surface area contributed by atoms with E-state index in [1.54, 1.807) is 30.0 Å². The first-order valence-electron chi connectivity index (χ1n) is 14.2. The third kappa shape index (κ3) is 6.35. The minimum Gasteiger partial charge on any atom is -0.507 e. The van der Waals surface area contributed by atoms with Gasteiger partial charge in [-0.2, -0.15) is 0 Å². The number of hydrogen-bond donors (Lipinski definition) is 3. The van der Waals surface area contributed by atoms with Crippen molar-refractivity contribution < 1.29 is 19.4 Å². The summed E-state index contributed by atoms with van der Waals surface area (Å²) in [6.07, 6.45) is 8.56. The van der Waals surface area contributed by atoms with Gasteiger partial charge in [0.2, 0.25) is 0 Å². The average molecular weight is 545 g/mol. The summed E-state index contributed by atoms with van der Waals surface area (Å²) in [6.45, 7) is 3.15. The lowest BCUT2D eigenvalue weighted by atomic mass is 9.84. The number of hydrogen-bond acceptors (Lipinski definition) is 6. The Morgan fingerprint density at radius 2 is 1.75 bits per heavy atom. The second-order valence-electron chi connectivity index (χ2n) is 10.6. The van der Waals surface area contributed by atoms with Gasteiger partial charge in [0, 0.05) is 36.3 Å². The summed E-state index contributed by atoms with van der Waals surface area (Å²) in [5, 5.41) is 13.7. The van der Waals surface area contributed by atoms with Gasteiger partial charge in [-0.3, -0.25) is 9.59 Å². The van der Waals surface area contributed by atoms with Gasteiger partial charge in [0.05, 0.1) is 17.6 Å². The predicted octanol–water partition coefficient (Wildman–Crippen LogP) is 5.38. The van der Waals surface area contributed by atoms with Gasteiger partial charge in [-0.15, -0.1) is 0 Å². The van der Waals surface area contributed by atoms with E-state index in [1.807, 2.05) is 12.1 Å². The molecule has 2 amide bonds. The number of aliphatic hydroxyl groups is 1. The van der Waals surface area contributed by atoms with Crippen LogP contribution in [0.4, 0.5) is 4.79 Å². The number of piperidine rings is 1. The number of carbonyl (C=O) groups excluding carboxylic acids is 2. The fraction of sp³-hybridized carbons (Fsp3) is 0.419. The number of carbonyl (C=O) groups is 2. The van der Waals surface area contributed by atoms with Crippen molar-refractivity contribution in [3.63, 3.8) is 0 Å². The monoisotopic (exact) mass is 544 g/mol. The molecule has 40 heavy (non-hydrogen) atoms. The van der Waals surface area contributed by atoms with Gasteiger partial charge in [-0.1, -0.05) is 43.5 Å². The Balaban J connectivity index is 1.25. The van der Waals surface area contributed by atoms with Crippen LogP contribution in [0.5, 0.6) is 0 Å². The van der Waals surface area contributed by atoms with E-state index in [0.29, 0.717) is 60.6 Å². The molecule has 1 saturated heterocycles. The summed E-state index contributed by atoms with van der Waals surface area (Å²) in [7, 11) is 0. The van der Waals surface area contributed by atoms with Gasteiger partial charge in [0.25, 0.3) is 11.5 Å². The lowest BCUT2D eigenvalue weighted by Crippen LogP contribution is -2.46. The molecule has 1 aromatic heterocycles. The molecule has 1 aliphatic carbocycles. The Morgan fingerprint density at radius 3 is 2.45 bits per heavy atom. The minimum absolute atomic E-state index is 0.0300. The van der Waals surface area contributed by atoms with Crippen LogP contribution >= 0.6 is 0 Å². The second kappa shape index (κ2) is 12.4. The molecule has 5 rings (SSSR count). The number of benzene rings is 2. The molecule has 1 aliphatic heterocycles. The summed E-state index contributed by atoms with van der Waals surface area (Å²) >= 11 is 0. The SMILES string of the molecule is CCOC(=O)N1CCC(NC(=O)c2ccc3nc(C=C(O)c4ccc(C5CCCCC5)cc4)c(=O)[nH]c3c2)CC1. The quantitative estimate of drug-likeness (QED) is 0.358. The van der Waals surface area contributed by atoms with Crippen LogP contribution in [0, 0.1) is 0 Å². The Hall–Kier alpha value is -4.14. The number of nitrogens with zero attached hydrogens (tertiary/aromatic N) is 2. The number of aromatic nitrogens is 2. The molecule has 3 N–H and O–H groups in total. The Labute approximate surface area is 233 Å². The molecule has 1 saturated carbocycles. The van der Waals surface area contributed by atoms with Gasteiger partial charge in [0.1, 0.15) is 11.5 Å². The number of likely N-dealkylation sites (tertiary alicyclic amines) is 1. The van der Waals surface area contributed by atoms with Gasteiger partial charge >= 0.3 is 6.09 Å². The maximum absolute atomic E-state index is 12.9. The Kier molecular flexibility index (Phi) is 8.48. The van der Waals surface area contributed by atoms with Crippen LogP contribution in [-0.4, -0.2) is 57.7 Å². The lowest BCUT2D eigenvalue weighted by molar-refractivity contribution is 0.0860. The highest BCUT2D eigenvalue weighted by Gasteiger charge is 2.25. The predicted molar refractivity (Wildman–Crippen MR) is 154 cm³/mol. The van der Waals surface area contributed by atoms with Gasteiger partial charge in [-0.25, -0.2) is 9.78 Å². The third-order valence-electron chi connectivity index (χ3n) is 7.89. The van der Waals surface area contributed by atoms with Crippen molar-refractivity contribution in [2.45, 2.75) is 63.8 Å². The van der Waals surface area contributed by atoms with Crippen LogP contribution in [-0.2, 0) is 4.74 Å². The molecule has 2 aliphatic rings. The first-order chi connectivity index (χ1) is 19.4. The van der Waals surface area contributed by atoms with Crippen LogP contribution in [0.1, 0.15) is 85.0 Å². The molecule has 2 aromatic carbocycles. The van der Waals surface area contributed by atoms with Crippen molar-refractivity contribution in [1.82, 2.24) is 20.2 Å². The van der Waals surface area contributed by atoms with Crippen LogP contribution in [0.25, 0.3) is 22.9 Å². The maximum Gasteiger partial charge on any atom is 0.409 e. The van der Waals surface area contributed by atoms with E-state index in [2.05, 4.69) is 27.4 Å². The topological polar surface area (TPSA) is 125 Å². The number of amides is 2. The fourth-order valence-electron chi connectivity index (χ4n) is 5.60. The smallest absolute Gasteiger partial charge is 0.409 e. The summed E-state index contributed by atoms with van der Waals surface area (Å²) in [6, 6.07) is 12.8. The van der Waals surface area contributed by atoms with Crippen LogP contribution in [0.15, 0.2) is 47.3 Å². The first-order valence-corrected chi connectivity index (χ1v) is 14.2. The van der Waals surface area contributed by atoms with Crippen molar-refractivity contribution in [1.29, 1.82) is 0 Å². The molecule has 0 radical (unpaired) electrons. The van der Waals surface area contributed by atoms with Crippen LogP contribution < -0.4 is 10.9 Å². The second-order valence-corrected chi connectivity index (χ2v) is 10.6. The summed E-state index contributed by atoms with van der Waals surface area (Å²) < 4.78 is 5.04. The molecule has 0 atom stereocenters. The summed E-state index contributed by atoms with van der Waals surface area (Å²) in [4.78, 5) is 46.4. The molecule has 9 heteroatoms. The molecule has 9 nitrogen and oxygen atoms in total. The standard InChI is InChI=1S/C31H36N4O5/c1-2-40-31(39)35-16-14-24(15-17-35)32-29(37)23-12-13-25-26(18-23)34-30(38)27(33-25)19-28(36)22-10-8-21(9-11-22)20-6-4-3-5-7-20/h8-13,18-20,24,36H,2-7,14-17H2,1H3,(H,32,37)(H,34,38). The fourth-order valence-corrected chi connectivity index (χ4v) is 5.60. The van der Waals surface area contributed by atoms with Crippen molar-refractivity contribution in [3.05, 3.63) is 75.2 Å². The van der Waals surface area contributed by atoms with Crippen molar-refractivity contribution in [3.8, 4) is 0 Å². The van der Waals surface area contributed by atoms with E-state index in [4.69, 9.17) is 4.74 Å². The maximum atomic E-state index is 12.9. The molecule has 2 heterocycles. The number of nitrogens with one attached hydrogen (secondary N) is 2. The zero-order valence-electron chi connectivity index (χ0n) is 22.8. The van der Waals surface area contributed by atoms with Crippen LogP contribution in [0.3, 0.4) is 0 Å². The van der Waals surface area contributed by atoms with Crippen LogP contribution in [0.2, 0.25) is 0 Å². The number of ether oxygens (including phenoxy) is 1. The number of aliphatic hydroxyl groups excluding tert-OH is 1. The normalized spacial score (nSPS) is 17.1. The molecule has 3 aromatic rings.